The summed E-state index contributed by atoms with van der Waals surface area (Å²) in [5, 5.41) is 2.15. The van der Waals surface area contributed by atoms with Crippen LogP contribution in [0, 0.1) is 6.92 Å². The van der Waals surface area contributed by atoms with Crippen molar-refractivity contribution in [2.45, 2.75) is 20.0 Å². The first kappa shape index (κ1) is 18.5. The summed E-state index contributed by atoms with van der Waals surface area (Å²) >= 11 is 1.81. The van der Waals surface area contributed by atoms with Crippen molar-refractivity contribution in [3.63, 3.8) is 0 Å². The maximum absolute atomic E-state index is 5.65. The predicted octanol–water partition coefficient (Wildman–Crippen LogP) is 4.29. The predicted molar refractivity (Wildman–Crippen MR) is 104 cm³/mol. The summed E-state index contributed by atoms with van der Waals surface area (Å²) in [6, 6.07) is 12.4. The molecule has 26 heavy (non-hydrogen) atoms. The number of hydrogen-bond donors (Lipinski definition) is 0. The Morgan fingerprint density at radius 1 is 1.04 bits per heavy atom. The van der Waals surface area contributed by atoms with Gasteiger partial charge in [0.1, 0.15) is 5.75 Å². The van der Waals surface area contributed by atoms with Crippen LogP contribution in [0.2, 0.25) is 0 Å². The molecule has 1 aromatic carbocycles. The second kappa shape index (κ2) is 9.43. The van der Waals surface area contributed by atoms with Gasteiger partial charge in [-0.05, 0) is 47.7 Å². The average Bonchev–Trinajstić information content (AvgIpc) is 3.07. The molecule has 3 rings (SSSR count). The molecule has 0 spiro atoms. The van der Waals surface area contributed by atoms with E-state index in [-0.39, 0.29) is 0 Å². The van der Waals surface area contributed by atoms with Gasteiger partial charge in [0.15, 0.2) is 0 Å². The summed E-state index contributed by atoms with van der Waals surface area (Å²) in [5.41, 5.74) is 2.58. The van der Waals surface area contributed by atoms with Crippen molar-refractivity contribution < 1.29 is 9.47 Å². The van der Waals surface area contributed by atoms with Crippen molar-refractivity contribution in [3.8, 4) is 11.8 Å². The van der Waals surface area contributed by atoms with Gasteiger partial charge in [-0.2, -0.15) is 0 Å². The van der Waals surface area contributed by atoms with E-state index in [4.69, 9.17) is 9.47 Å². The largest absolute Gasteiger partial charge is 0.424 e. The van der Waals surface area contributed by atoms with Crippen LogP contribution in [0.1, 0.15) is 16.0 Å². The van der Waals surface area contributed by atoms with Gasteiger partial charge in [-0.15, -0.1) is 11.3 Å². The quantitative estimate of drug-likeness (QED) is 0.563. The van der Waals surface area contributed by atoms with Gasteiger partial charge in [-0.1, -0.05) is 12.1 Å². The Morgan fingerprint density at radius 2 is 1.81 bits per heavy atom. The van der Waals surface area contributed by atoms with Gasteiger partial charge in [0.05, 0.1) is 6.61 Å². The molecule has 0 fully saturated rings. The smallest absolute Gasteiger partial charge is 0.321 e. The van der Waals surface area contributed by atoms with E-state index in [1.807, 2.05) is 23.5 Å². The van der Waals surface area contributed by atoms with Gasteiger partial charge in [0, 0.05) is 44.0 Å². The third-order valence-electron chi connectivity index (χ3n) is 4.03. The van der Waals surface area contributed by atoms with Crippen molar-refractivity contribution in [3.05, 3.63) is 70.2 Å². The molecule has 0 saturated heterocycles. The molecule has 5 nitrogen and oxygen atoms in total. The number of rotatable bonds is 9. The third kappa shape index (κ3) is 5.36. The SMILES string of the molecule is COCCN(Cc1ccc(Oc2ncccn2)cc1)Cc1sccc1C. The zero-order valence-corrected chi connectivity index (χ0v) is 15.9. The molecule has 2 aromatic heterocycles. The summed E-state index contributed by atoms with van der Waals surface area (Å²) in [5.74, 6) is 0.734. The van der Waals surface area contributed by atoms with Gasteiger partial charge in [-0.25, -0.2) is 9.97 Å². The molecule has 6 heteroatoms. The molecule has 0 unspecified atom stereocenters. The number of aryl methyl sites for hydroxylation is 1. The van der Waals surface area contributed by atoms with E-state index in [9.17, 15) is 0 Å². The Hall–Kier alpha value is -2.28. The molecule has 3 aromatic rings. The molecule has 0 N–H and O–H groups in total. The van der Waals surface area contributed by atoms with Crippen molar-refractivity contribution in [2.75, 3.05) is 20.3 Å². The van der Waals surface area contributed by atoms with Gasteiger partial charge in [0.25, 0.3) is 0 Å². The van der Waals surface area contributed by atoms with E-state index in [2.05, 4.69) is 45.4 Å². The minimum atomic E-state index is 0.357. The number of aromatic nitrogens is 2. The summed E-state index contributed by atoms with van der Waals surface area (Å²) in [7, 11) is 1.74. The second-order valence-electron chi connectivity index (χ2n) is 6.01. The van der Waals surface area contributed by atoms with Crippen LogP contribution >= 0.6 is 11.3 Å². The van der Waals surface area contributed by atoms with Gasteiger partial charge < -0.3 is 9.47 Å². The number of ether oxygens (including phenoxy) is 2. The highest BCUT2D eigenvalue weighted by molar-refractivity contribution is 7.10. The first-order valence-electron chi connectivity index (χ1n) is 8.52. The highest BCUT2D eigenvalue weighted by atomic mass is 32.1. The molecule has 136 valence electrons. The maximum Gasteiger partial charge on any atom is 0.321 e. The lowest BCUT2D eigenvalue weighted by atomic mass is 10.2. The number of hydrogen-bond acceptors (Lipinski definition) is 6. The summed E-state index contributed by atoms with van der Waals surface area (Å²) in [6.07, 6.45) is 3.33. The Kier molecular flexibility index (Phi) is 6.71. The lowest BCUT2D eigenvalue weighted by Crippen LogP contribution is -2.26. The minimum Gasteiger partial charge on any atom is -0.424 e. The molecule has 0 aliphatic heterocycles. The van der Waals surface area contributed by atoms with Gasteiger partial charge in [0.2, 0.25) is 0 Å². The van der Waals surface area contributed by atoms with E-state index < -0.39 is 0 Å². The molecular weight excluding hydrogens is 346 g/mol. The average molecular weight is 369 g/mol. The minimum absolute atomic E-state index is 0.357. The molecule has 0 aliphatic rings. The Balaban J connectivity index is 1.63. The molecule has 0 amide bonds. The van der Waals surface area contributed by atoms with Crippen molar-refractivity contribution in [2.24, 2.45) is 0 Å². The number of benzene rings is 1. The molecule has 0 radical (unpaired) electrons. The van der Waals surface area contributed by atoms with Gasteiger partial charge in [-0.3, -0.25) is 4.90 Å². The number of nitrogens with zero attached hydrogens (tertiary/aromatic N) is 3. The number of methoxy groups -OCH3 is 1. The Bertz CT molecular complexity index is 790. The van der Waals surface area contributed by atoms with Gasteiger partial charge >= 0.3 is 6.01 Å². The van der Waals surface area contributed by atoms with E-state index in [1.54, 1.807) is 25.6 Å². The van der Waals surface area contributed by atoms with Crippen molar-refractivity contribution in [1.82, 2.24) is 14.9 Å². The zero-order chi connectivity index (χ0) is 18.2. The van der Waals surface area contributed by atoms with Crippen LogP contribution in [0.4, 0.5) is 0 Å². The van der Waals surface area contributed by atoms with Crippen LogP contribution in [0.25, 0.3) is 0 Å². The Labute approximate surface area is 158 Å². The highest BCUT2D eigenvalue weighted by Crippen LogP contribution is 2.21. The normalized spacial score (nSPS) is 11.0. The van der Waals surface area contributed by atoms with Crippen LogP contribution in [0.5, 0.6) is 11.8 Å². The van der Waals surface area contributed by atoms with Crippen LogP contribution in [0.15, 0.2) is 54.2 Å². The van der Waals surface area contributed by atoms with Crippen LogP contribution < -0.4 is 4.74 Å². The third-order valence-corrected chi connectivity index (χ3v) is 5.04. The van der Waals surface area contributed by atoms with Crippen LogP contribution in [-0.2, 0) is 17.8 Å². The van der Waals surface area contributed by atoms with Crippen molar-refractivity contribution in [1.29, 1.82) is 0 Å². The lowest BCUT2D eigenvalue weighted by Gasteiger charge is -2.22. The fourth-order valence-corrected chi connectivity index (χ4v) is 3.52. The zero-order valence-electron chi connectivity index (χ0n) is 15.1. The topological polar surface area (TPSA) is 47.5 Å². The van der Waals surface area contributed by atoms with Crippen LogP contribution in [-0.4, -0.2) is 35.1 Å². The monoisotopic (exact) mass is 369 g/mol. The van der Waals surface area contributed by atoms with Crippen LogP contribution in [0.3, 0.4) is 0 Å². The molecule has 2 heterocycles. The highest BCUT2D eigenvalue weighted by Gasteiger charge is 2.10. The number of thiophene rings is 1. The van der Waals surface area contributed by atoms with Crippen molar-refractivity contribution >= 4 is 11.3 Å². The molecule has 0 bridgehead atoms. The standard InChI is InChI=1S/C20H23N3O2S/c1-16-8-13-26-19(16)15-23(11-12-24-2)14-17-4-6-18(7-5-17)25-20-21-9-3-10-22-20/h3-10,13H,11-12,14-15H2,1-2H3. The summed E-state index contributed by atoms with van der Waals surface area (Å²) in [6.45, 7) is 5.57. The Morgan fingerprint density at radius 3 is 2.46 bits per heavy atom. The first-order chi connectivity index (χ1) is 12.7. The fourth-order valence-electron chi connectivity index (χ4n) is 2.57. The first-order valence-corrected chi connectivity index (χ1v) is 9.40. The summed E-state index contributed by atoms with van der Waals surface area (Å²) in [4.78, 5) is 12.0. The maximum atomic E-state index is 5.65. The molecule has 0 saturated carbocycles. The van der Waals surface area contributed by atoms with E-state index in [0.717, 1.165) is 32.0 Å². The summed E-state index contributed by atoms with van der Waals surface area (Å²) < 4.78 is 10.9. The van der Waals surface area contributed by atoms with E-state index in [1.165, 1.54) is 16.0 Å². The van der Waals surface area contributed by atoms with E-state index >= 15 is 0 Å². The molecule has 0 atom stereocenters. The molecular formula is C20H23N3O2S. The fraction of sp³-hybridized carbons (Fsp3) is 0.300. The molecule has 0 aliphatic carbocycles. The van der Waals surface area contributed by atoms with E-state index in [0.29, 0.717) is 6.01 Å². The second-order valence-corrected chi connectivity index (χ2v) is 7.01. The lowest BCUT2D eigenvalue weighted by molar-refractivity contribution is 0.140.